The van der Waals surface area contributed by atoms with Gasteiger partial charge in [-0.15, -0.1) is 11.3 Å². The third-order valence-electron chi connectivity index (χ3n) is 3.00. The Morgan fingerprint density at radius 1 is 1.29 bits per heavy atom. The van der Waals surface area contributed by atoms with Gasteiger partial charge in [0.15, 0.2) is 16.8 Å². The van der Waals surface area contributed by atoms with Crippen LogP contribution >= 0.6 is 23.1 Å². The molecule has 0 saturated carbocycles. The quantitative estimate of drug-likeness (QED) is 0.546. The van der Waals surface area contributed by atoms with Gasteiger partial charge in [-0.1, -0.05) is 17.8 Å². The van der Waals surface area contributed by atoms with Gasteiger partial charge in [-0.2, -0.15) is 0 Å². The number of halogens is 2. The van der Waals surface area contributed by atoms with Crippen molar-refractivity contribution in [2.45, 2.75) is 10.9 Å². The lowest BCUT2D eigenvalue weighted by Crippen LogP contribution is -2.18. The average molecular weight is 324 g/mol. The van der Waals surface area contributed by atoms with E-state index in [1.54, 1.807) is 13.1 Å². The number of hydrogen-bond donors (Lipinski definition) is 0. The highest BCUT2D eigenvalue weighted by Crippen LogP contribution is 2.23. The van der Waals surface area contributed by atoms with Crippen LogP contribution in [0.15, 0.2) is 39.6 Å². The first-order valence-corrected chi connectivity index (χ1v) is 7.94. The van der Waals surface area contributed by atoms with Gasteiger partial charge >= 0.3 is 0 Å². The van der Waals surface area contributed by atoms with Gasteiger partial charge in [0, 0.05) is 12.8 Å². The monoisotopic (exact) mass is 324 g/mol. The van der Waals surface area contributed by atoms with E-state index in [1.165, 1.54) is 33.7 Å². The summed E-state index contributed by atoms with van der Waals surface area (Å²) in [5.41, 5.74) is 1.21. The highest BCUT2D eigenvalue weighted by molar-refractivity contribution is 7.98. The van der Waals surface area contributed by atoms with E-state index in [0.717, 1.165) is 12.1 Å². The molecule has 0 aliphatic carbocycles. The second kappa shape index (κ2) is 5.57. The Hall–Kier alpha value is -1.73. The zero-order chi connectivity index (χ0) is 15.0. The second-order valence-electron chi connectivity index (χ2n) is 4.43. The summed E-state index contributed by atoms with van der Waals surface area (Å²) in [7, 11) is 1.65. The van der Waals surface area contributed by atoms with Crippen LogP contribution in [0, 0.1) is 11.6 Å². The lowest BCUT2D eigenvalue weighted by molar-refractivity contribution is 0.507. The molecule has 3 nitrogen and oxygen atoms in total. The van der Waals surface area contributed by atoms with Crippen molar-refractivity contribution < 1.29 is 8.78 Å². The van der Waals surface area contributed by atoms with Crippen molar-refractivity contribution in [1.82, 2.24) is 9.55 Å². The maximum absolute atomic E-state index is 13.2. The first kappa shape index (κ1) is 14.2. The van der Waals surface area contributed by atoms with E-state index in [1.807, 2.05) is 5.38 Å². The minimum atomic E-state index is -0.872. The van der Waals surface area contributed by atoms with Crippen LogP contribution in [-0.4, -0.2) is 9.55 Å². The molecule has 0 saturated heterocycles. The summed E-state index contributed by atoms with van der Waals surface area (Å²) in [5.74, 6) is -1.33. The van der Waals surface area contributed by atoms with Crippen LogP contribution in [-0.2, 0) is 12.8 Å². The smallest absolute Gasteiger partial charge is 0.271 e. The molecule has 3 aromatic rings. The minimum absolute atomic E-state index is 0.0946. The summed E-state index contributed by atoms with van der Waals surface area (Å²) in [5, 5.41) is 2.37. The van der Waals surface area contributed by atoms with E-state index < -0.39 is 11.6 Å². The van der Waals surface area contributed by atoms with Crippen molar-refractivity contribution in [1.29, 1.82) is 0 Å². The molecule has 0 spiro atoms. The number of benzene rings is 1. The Morgan fingerprint density at radius 3 is 2.86 bits per heavy atom. The Bertz CT molecular complexity index is 873. The maximum atomic E-state index is 13.2. The fraction of sp³-hybridized carbons (Fsp3) is 0.143. The Morgan fingerprint density at radius 2 is 2.10 bits per heavy atom. The van der Waals surface area contributed by atoms with Gasteiger partial charge in [0.1, 0.15) is 4.70 Å². The molecule has 2 aromatic heterocycles. The fourth-order valence-corrected chi connectivity index (χ4v) is 3.59. The first-order chi connectivity index (χ1) is 10.1. The Labute approximate surface area is 127 Å². The molecule has 0 amide bonds. The van der Waals surface area contributed by atoms with Gasteiger partial charge < -0.3 is 0 Å². The molecule has 0 bridgehead atoms. The fourth-order valence-electron chi connectivity index (χ4n) is 1.87. The van der Waals surface area contributed by atoms with E-state index in [-0.39, 0.29) is 5.56 Å². The molecule has 108 valence electrons. The molecule has 0 fully saturated rings. The lowest BCUT2D eigenvalue weighted by atomic mass is 10.2. The minimum Gasteiger partial charge on any atom is -0.290 e. The number of thiophene rings is 1. The summed E-state index contributed by atoms with van der Waals surface area (Å²) < 4.78 is 28.1. The van der Waals surface area contributed by atoms with Crippen molar-refractivity contribution in [3.8, 4) is 0 Å². The van der Waals surface area contributed by atoms with Crippen molar-refractivity contribution in [2.75, 3.05) is 0 Å². The van der Waals surface area contributed by atoms with Crippen LogP contribution in [0.4, 0.5) is 8.78 Å². The Kier molecular flexibility index (Phi) is 3.77. The number of hydrogen-bond acceptors (Lipinski definition) is 4. The SMILES string of the molecule is Cn1c(SCc2ccc(F)c(F)c2)nc2ccsc2c1=O. The van der Waals surface area contributed by atoms with E-state index in [4.69, 9.17) is 0 Å². The number of thioether (sulfide) groups is 1. The summed E-state index contributed by atoms with van der Waals surface area (Å²) in [6, 6.07) is 5.57. The van der Waals surface area contributed by atoms with Crippen molar-refractivity contribution in [2.24, 2.45) is 7.05 Å². The normalized spacial score (nSPS) is 11.2. The molecule has 0 N–H and O–H groups in total. The van der Waals surface area contributed by atoms with Gasteiger partial charge in [0.2, 0.25) is 0 Å². The number of fused-ring (bicyclic) bond motifs is 1. The molecule has 3 rings (SSSR count). The Balaban J connectivity index is 1.89. The van der Waals surface area contributed by atoms with Crippen LogP contribution in [0.5, 0.6) is 0 Å². The highest BCUT2D eigenvalue weighted by Gasteiger charge is 2.10. The van der Waals surface area contributed by atoms with Crippen molar-refractivity contribution in [3.63, 3.8) is 0 Å². The predicted octanol–water partition coefficient (Wildman–Crippen LogP) is 3.57. The molecule has 1 aromatic carbocycles. The predicted molar refractivity (Wildman–Crippen MR) is 80.8 cm³/mol. The van der Waals surface area contributed by atoms with Gasteiger partial charge in [-0.25, -0.2) is 13.8 Å². The molecule has 0 atom stereocenters. The summed E-state index contributed by atoms with van der Waals surface area (Å²) in [6.45, 7) is 0. The highest BCUT2D eigenvalue weighted by atomic mass is 32.2. The van der Waals surface area contributed by atoms with Crippen molar-refractivity contribution >= 4 is 33.3 Å². The second-order valence-corrected chi connectivity index (χ2v) is 6.29. The topological polar surface area (TPSA) is 34.9 Å². The molecule has 7 heteroatoms. The molecule has 0 unspecified atom stereocenters. The number of aromatic nitrogens is 2. The van der Waals surface area contributed by atoms with E-state index >= 15 is 0 Å². The van der Waals surface area contributed by atoms with Gasteiger partial charge in [0.05, 0.1) is 5.52 Å². The number of rotatable bonds is 3. The molecule has 0 aliphatic rings. The average Bonchev–Trinajstić information content (AvgIpc) is 2.93. The van der Waals surface area contributed by atoms with Crippen LogP contribution in [0.25, 0.3) is 10.2 Å². The third kappa shape index (κ3) is 2.71. The zero-order valence-corrected chi connectivity index (χ0v) is 12.6. The van der Waals surface area contributed by atoms with E-state index in [9.17, 15) is 13.6 Å². The summed E-state index contributed by atoms with van der Waals surface area (Å²) >= 11 is 2.67. The van der Waals surface area contributed by atoms with Crippen LogP contribution in [0.3, 0.4) is 0 Å². The summed E-state index contributed by atoms with van der Waals surface area (Å²) in [6.07, 6.45) is 0. The zero-order valence-electron chi connectivity index (χ0n) is 11.0. The lowest BCUT2D eigenvalue weighted by Gasteiger charge is -2.07. The maximum Gasteiger partial charge on any atom is 0.271 e. The van der Waals surface area contributed by atoms with Gasteiger partial charge in [-0.3, -0.25) is 9.36 Å². The number of nitrogens with zero attached hydrogens (tertiary/aromatic N) is 2. The van der Waals surface area contributed by atoms with Gasteiger partial charge in [0.25, 0.3) is 5.56 Å². The summed E-state index contributed by atoms with van der Waals surface area (Å²) in [4.78, 5) is 16.5. The van der Waals surface area contributed by atoms with E-state index in [2.05, 4.69) is 4.98 Å². The van der Waals surface area contributed by atoms with Crippen LogP contribution in [0.2, 0.25) is 0 Å². The largest absolute Gasteiger partial charge is 0.290 e. The van der Waals surface area contributed by atoms with Crippen molar-refractivity contribution in [3.05, 3.63) is 57.2 Å². The third-order valence-corrected chi connectivity index (χ3v) is 4.99. The van der Waals surface area contributed by atoms with Crippen LogP contribution < -0.4 is 5.56 Å². The van der Waals surface area contributed by atoms with Gasteiger partial charge in [-0.05, 0) is 29.1 Å². The van der Waals surface area contributed by atoms with Crippen LogP contribution in [0.1, 0.15) is 5.56 Å². The molecule has 2 heterocycles. The molecular formula is C14H10F2N2OS2. The molecule has 21 heavy (non-hydrogen) atoms. The molecular weight excluding hydrogens is 314 g/mol. The standard InChI is InChI=1S/C14H10F2N2OS2/c1-18-13(19)12-11(4-5-20-12)17-14(18)21-7-8-2-3-9(15)10(16)6-8/h2-6H,7H2,1H3. The first-order valence-electron chi connectivity index (χ1n) is 6.07. The molecule has 0 radical (unpaired) electrons. The molecule has 0 aliphatic heterocycles. The van der Waals surface area contributed by atoms with E-state index in [0.29, 0.717) is 26.7 Å².